The Kier molecular flexibility index (Phi) is 2.05. The summed E-state index contributed by atoms with van der Waals surface area (Å²) in [6.07, 6.45) is 1.37. The molecule has 3 nitrogen and oxygen atoms in total. The Labute approximate surface area is 54.5 Å². The zero-order valence-electron chi connectivity index (χ0n) is 5.33. The second kappa shape index (κ2) is 2.64. The zero-order chi connectivity index (χ0) is 6.85. The minimum absolute atomic E-state index is 0.418. The van der Waals surface area contributed by atoms with Gasteiger partial charge in [-0.3, -0.25) is 0 Å². The van der Waals surface area contributed by atoms with E-state index >= 15 is 0 Å². The minimum Gasteiger partial charge on any atom is -0.391 e. The molecule has 0 heterocycles. The highest BCUT2D eigenvalue weighted by Gasteiger charge is 2.26. The number of nitrogens with two attached hydrogens (primary N) is 1. The quantitative estimate of drug-likeness (QED) is 0.404. The molecule has 0 aliphatic heterocycles. The van der Waals surface area contributed by atoms with Crippen molar-refractivity contribution in [2.45, 2.75) is 37.5 Å². The van der Waals surface area contributed by atoms with Crippen molar-refractivity contribution in [1.29, 1.82) is 0 Å². The average Bonchev–Trinajstić information content (AvgIpc) is 1.83. The molecule has 1 aliphatic rings. The van der Waals surface area contributed by atoms with Gasteiger partial charge in [-0.15, -0.1) is 0 Å². The summed E-state index contributed by atoms with van der Waals surface area (Å²) < 4.78 is 0. The number of hydrogen-bond donors (Lipinski definition) is 3. The summed E-state index contributed by atoms with van der Waals surface area (Å²) >= 11 is 0. The van der Waals surface area contributed by atoms with Gasteiger partial charge < -0.3 is 15.9 Å². The molecular weight excluding hydrogens is 118 g/mol. The van der Waals surface area contributed by atoms with Gasteiger partial charge in [0.1, 0.15) is 0 Å². The highest BCUT2D eigenvalue weighted by molar-refractivity contribution is 4.83. The van der Waals surface area contributed by atoms with E-state index in [0.717, 1.165) is 19.3 Å². The Bertz CT molecular complexity index is 87.1. The molecule has 9 heavy (non-hydrogen) atoms. The predicted molar refractivity (Wildman–Crippen MR) is 33.8 cm³/mol. The van der Waals surface area contributed by atoms with Crippen LogP contribution in [0.2, 0.25) is 0 Å². The maximum atomic E-state index is 9.06. The topological polar surface area (TPSA) is 66.5 Å². The van der Waals surface area contributed by atoms with Crippen LogP contribution < -0.4 is 5.73 Å². The molecule has 0 bridgehead atoms. The van der Waals surface area contributed by atoms with Gasteiger partial charge in [-0.25, -0.2) is 0 Å². The van der Waals surface area contributed by atoms with Crippen molar-refractivity contribution in [2.24, 2.45) is 5.73 Å². The normalized spacial score (nSPS) is 39.0. The highest BCUT2D eigenvalue weighted by atomic mass is 16.3. The molecule has 3 heteroatoms. The number of rotatable bonds is 0. The molecule has 1 aliphatic carbocycles. The molecule has 0 amide bonds. The van der Waals surface area contributed by atoms with E-state index in [1.54, 1.807) is 0 Å². The first-order valence-electron chi connectivity index (χ1n) is 3.33. The smallest absolute Gasteiger partial charge is 0.0716 e. The fourth-order valence-corrected chi connectivity index (χ4v) is 1.18. The molecule has 0 unspecified atom stereocenters. The van der Waals surface area contributed by atoms with Crippen LogP contribution in [0.25, 0.3) is 0 Å². The van der Waals surface area contributed by atoms with Gasteiger partial charge in [-0.1, -0.05) is 0 Å². The van der Waals surface area contributed by atoms with Crippen molar-refractivity contribution in [3.8, 4) is 0 Å². The van der Waals surface area contributed by atoms with Crippen LogP contribution in [0.15, 0.2) is 0 Å². The van der Waals surface area contributed by atoms with Gasteiger partial charge in [-0.05, 0) is 19.3 Å². The Morgan fingerprint density at radius 3 is 1.89 bits per heavy atom. The van der Waals surface area contributed by atoms with E-state index < -0.39 is 18.2 Å². The summed E-state index contributed by atoms with van der Waals surface area (Å²) in [5.41, 5.74) is 5.42. The number of aliphatic hydroxyl groups excluding tert-OH is 2. The van der Waals surface area contributed by atoms with Gasteiger partial charge >= 0.3 is 0 Å². The standard InChI is InChI=1S/C6H13NO2/c7-6-4(8)2-1-3-5(6)9/h4-6,8-9H,1-3,7H2/t4-,5-/m1/s1. The third kappa shape index (κ3) is 1.41. The first-order valence-corrected chi connectivity index (χ1v) is 3.33. The van der Waals surface area contributed by atoms with Crippen molar-refractivity contribution in [2.75, 3.05) is 0 Å². The minimum atomic E-state index is -0.492. The van der Waals surface area contributed by atoms with Crippen molar-refractivity contribution in [3.63, 3.8) is 0 Å². The van der Waals surface area contributed by atoms with Crippen molar-refractivity contribution in [3.05, 3.63) is 0 Å². The molecular formula is C6H13NO2. The van der Waals surface area contributed by atoms with Crippen LogP contribution in [0.4, 0.5) is 0 Å². The summed E-state index contributed by atoms with van der Waals surface area (Å²) in [5, 5.41) is 18.1. The molecule has 0 aromatic heterocycles. The first kappa shape index (κ1) is 6.99. The number of hydrogen-bond acceptors (Lipinski definition) is 3. The molecule has 1 saturated carbocycles. The molecule has 0 radical (unpaired) electrons. The maximum absolute atomic E-state index is 9.06. The van der Waals surface area contributed by atoms with Gasteiger partial charge in [0.05, 0.1) is 18.2 Å². The molecule has 0 spiro atoms. The molecule has 0 aromatic carbocycles. The summed E-state index contributed by atoms with van der Waals surface area (Å²) in [6, 6.07) is -0.418. The Balaban J connectivity index is 2.41. The first-order chi connectivity index (χ1) is 4.22. The van der Waals surface area contributed by atoms with E-state index in [2.05, 4.69) is 0 Å². The van der Waals surface area contributed by atoms with Gasteiger partial charge in [0.25, 0.3) is 0 Å². The lowest BCUT2D eigenvalue weighted by Crippen LogP contribution is -2.47. The van der Waals surface area contributed by atoms with Crippen molar-refractivity contribution in [1.82, 2.24) is 0 Å². The fourth-order valence-electron chi connectivity index (χ4n) is 1.18. The van der Waals surface area contributed by atoms with Crippen LogP contribution >= 0.6 is 0 Å². The molecule has 54 valence electrons. The van der Waals surface area contributed by atoms with Crippen LogP contribution in [0.3, 0.4) is 0 Å². The average molecular weight is 131 g/mol. The van der Waals surface area contributed by atoms with Gasteiger partial charge in [0.2, 0.25) is 0 Å². The SMILES string of the molecule is NC1[C@H](O)CCC[C@H]1O. The lowest BCUT2D eigenvalue weighted by molar-refractivity contribution is 0.0177. The summed E-state index contributed by atoms with van der Waals surface area (Å²) in [6.45, 7) is 0. The van der Waals surface area contributed by atoms with E-state index in [-0.39, 0.29) is 0 Å². The summed E-state index contributed by atoms with van der Waals surface area (Å²) in [7, 11) is 0. The zero-order valence-corrected chi connectivity index (χ0v) is 5.33. The van der Waals surface area contributed by atoms with Gasteiger partial charge in [-0.2, -0.15) is 0 Å². The molecule has 1 rings (SSSR count). The predicted octanol–water partition coefficient (Wildman–Crippen LogP) is -0.781. The third-order valence-corrected chi connectivity index (χ3v) is 1.89. The van der Waals surface area contributed by atoms with Crippen molar-refractivity contribution < 1.29 is 10.2 Å². The maximum Gasteiger partial charge on any atom is 0.0716 e. The lowest BCUT2D eigenvalue weighted by atomic mass is 9.91. The Hall–Kier alpha value is -0.120. The largest absolute Gasteiger partial charge is 0.391 e. The van der Waals surface area contributed by atoms with E-state index in [0.29, 0.717) is 0 Å². The van der Waals surface area contributed by atoms with E-state index in [9.17, 15) is 0 Å². The number of aliphatic hydroxyl groups is 2. The van der Waals surface area contributed by atoms with Crippen LogP contribution in [-0.4, -0.2) is 28.5 Å². The Morgan fingerprint density at radius 1 is 1.11 bits per heavy atom. The molecule has 0 saturated heterocycles. The Morgan fingerprint density at radius 2 is 1.56 bits per heavy atom. The lowest BCUT2D eigenvalue weighted by Gasteiger charge is -2.28. The third-order valence-electron chi connectivity index (χ3n) is 1.89. The van der Waals surface area contributed by atoms with Crippen LogP contribution in [0.5, 0.6) is 0 Å². The monoisotopic (exact) mass is 131 g/mol. The van der Waals surface area contributed by atoms with Crippen molar-refractivity contribution >= 4 is 0 Å². The highest BCUT2D eigenvalue weighted by Crippen LogP contribution is 2.16. The van der Waals surface area contributed by atoms with Crippen LogP contribution in [0, 0.1) is 0 Å². The molecule has 2 atom stereocenters. The van der Waals surface area contributed by atoms with E-state index in [1.807, 2.05) is 0 Å². The van der Waals surface area contributed by atoms with Gasteiger partial charge in [0.15, 0.2) is 0 Å². The summed E-state index contributed by atoms with van der Waals surface area (Å²) in [5.74, 6) is 0. The second-order valence-electron chi connectivity index (χ2n) is 2.64. The molecule has 4 N–H and O–H groups in total. The van der Waals surface area contributed by atoms with Crippen LogP contribution in [-0.2, 0) is 0 Å². The molecule has 1 fully saturated rings. The van der Waals surface area contributed by atoms with Crippen LogP contribution in [0.1, 0.15) is 19.3 Å². The second-order valence-corrected chi connectivity index (χ2v) is 2.64. The van der Waals surface area contributed by atoms with Gasteiger partial charge in [0, 0.05) is 0 Å². The van der Waals surface area contributed by atoms with E-state index in [4.69, 9.17) is 15.9 Å². The fraction of sp³-hybridized carbons (Fsp3) is 1.00. The van der Waals surface area contributed by atoms with E-state index in [1.165, 1.54) is 0 Å². The summed E-state index contributed by atoms with van der Waals surface area (Å²) in [4.78, 5) is 0. The molecule has 0 aromatic rings.